The number of anilines is 1. The molecule has 20 heavy (non-hydrogen) atoms. The third-order valence-electron chi connectivity index (χ3n) is 3.42. The maximum atomic E-state index is 13.4. The summed E-state index contributed by atoms with van der Waals surface area (Å²) in [6.45, 7) is 2.92. The molecule has 0 unspecified atom stereocenters. The molecule has 0 radical (unpaired) electrons. The Morgan fingerprint density at radius 1 is 1.20 bits per heavy atom. The number of halogens is 1. The van der Waals surface area contributed by atoms with Crippen molar-refractivity contribution in [2.45, 2.75) is 13.1 Å². The van der Waals surface area contributed by atoms with E-state index in [-0.39, 0.29) is 5.82 Å². The number of para-hydroxylation sites is 1. The maximum absolute atomic E-state index is 13.4. The van der Waals surface area contributed by atoms with Crippen molar-refractivity contribution in [2.24, 2.45) is 0 Å². The van der Waals surface area contributed by atoms with Crippen LogP contribution in [0.4, 0.5) is 10.1 Å². The minimum atomic E-state index is -0.286. The standard InChI is InChI=1S/C16H17FN2O/c17-14-7-12(8-15(18)9-14)10-19-5-6-20-16-4-2-1-3-13(16)11-19/h1-4,7-9H,5-6,10-11,18H2. The second kappa shape index (κ2) is 5.51. The van der Waals surface area contributed by atoms with Crippen LogP contribution in [-0.2, 0) is 13.1 Å². The van der Waals surface area contributed by atoms with E-state index in [9.17, 15) is 4.39 Å². The molecule has 0 fully saturated rings. The van der Waals surface area contributed by atoms with Gasteiger partial charge in [-0.15, -0.1) is 0 Å². The van der Waals surface area contributed by atoms with Crippen LogP contribution in [-0.4, -0.2) is 18.1 Å². The molecule has 0 aromatic heterocycles. The predicted molar refractivity (Wildman–Crippen MR) is 76.9 cm³/mol. The number of rotatable bonds is 2. The van der Waals surface area contributed by atoms with Gasteiger partial charge >= 0.3 is 0 Å². The third-order valence-corrected chi connectivity index (χ3v) is 3.42. The minimum Gasteiger partial charge on any atom is -0.492 e. The minimum absolute atomic E-state index is 0.286. The molecule has 0 saturated heterocycles. The van der Waals surface area contributed by atoms with Crippen molar-refractivity contribution in [1.82, 2.24) is 4.90 Å². The van der Waals surface area contributed by atoms with Crippen LogP contribution in [0, 0.1) is 5.82 Å². The van der Waals surface area contributed by atoms with E-state index < -0.39 is 0 Å². The summed E-state index contributed by atoms with van der Waals surface area (Å²) in [7, 11) is 0. The number of nitrogen functional groups attached to an aromatic ring is 1. The van der Waals surface area contributed by atoms with Crippen LogP contribution in [0.2, 0.25) is 0 Å². The van der Waals surface area contributed by atoms with E-state index in [1.165, 1.54) is 12.1 Å². The van der Waals surface area contributed by atoms with Gasteiger partial charge < -0.3 is 10.5 Å². The molecule has 0 spiro atoms. The maximum Gasteiger partial charge on any atom is 0.125 e. The Bertz CT molecular complexity index is 595. The molecule has 0 atom stereocenters. The van der Waals surface area contributed by atoms with Gasteiger partial charge in [-0.3, -0.25) is 4.90 Å². The summed E-state index contributed by atoms with van der Waals surface area (Å²) in [6, 6.07) is 12.7. The Balaban J connectivity index is 1.78. The van der Waals surface area contributed by atoms with E-state index >= 15 is 0 Å². The molecular weight excluding hydrogens is 255 g/mol. The molecule has 1 heterocycles. The second-order valence-corrected chi connectivity index (χ2v) is 5.06. The van der Waals surface area contributed by atoms with Crippen LogP contribution in [0.1, 0.15) is 11.1 Å². The average Bonchev–Trinajstić information content (AvgIpc) is 2.59. The van der Waals surface area contributed by atoms with Gasteiger partial charge in [-0.25, -0.2) is 4.39 Å². The molecule has 1 aliphatic rings. The summed E-state index contributed by atoms with van der Waals surface area (Å²) in [5, 5.41) is 0. The molecule has 0 saturated carbocycles. The summed E-state index contributed by atoms with van der Waals surface area (Å²) in [4.78, 5) is 2.24. The van der Waals surface area contributed by atoms with Crippen molar-refractivity contribution >= 4 is 5.69 Å². The molecule has 0 amide bonds. The number of ether oxygens (including phenoxy) is 1. The van der Waals surface area contributed by atoms with Crippen LogP contribution in [0.3, 0.4) is 0 Å². The molecule has 1 aliphatic heterocycles. The zero-order valence-corrected chi connectivity index (χ0v) is 11.2. The molecule has 3 rings (SSSR count). The number of fused-ring (bicyclic) bond motifs is 1. The molecule has 4 heteroatoms. The van der Waals surface area contributed by atoms with Crippen LogP contribution in [0.25, 0.3) is 0 Å². The molecule has 104 valence electrons. The Hall–Kier alpha value is -2.07. The Labute approximate surface area is 117 Å². The van der Waals surface area contributed by atoms with Crippen LogP contribution in [0.5, 0.6) is 5.75 Å². The summed E-state index contributed by atoms with van der Waals surface area (Å²) in [5.41, 5.74) is 8.21. The van der Waals surface area contributed by atoms with E-state index in [0.29, 0.717) is 18.8 Å². The van der Waals surface area contributed by atoms with Crippen molar-refractivity contribution in [3.63, 3.8) is 0 Å². The van der Waals surface area contributed by atoms with Gasteiger partial charge in [0.15, 0.2) is 0 Å². The quantitative estimate of drug-likeness (QED) is 0.854. The Morgan fingerprint density at radius 3 is 2.90 bits per heavy atom. The van der Waals surface area contributed by atoms with E-state index in [1.54, 1.807) is 0 Å². The summed E-state index contributed by atoms with van der Waals surface area (Å²) in [6.07, 6.45) is 0. The van der Waals surface area contributed by atoms with Crippen LogP contribution < -0.4 is 10.5 Å². The molecule has 0 bridgehead atoms. The highest BCUT2D eigenvalue weighted by Gasteiger charge is 2.15. The lowest BCUT2D eigenvalue weighted by atomic mass is 10.1. The zero-order valence-electron chi connectivity index (χ0n) is 11.2. The summed E-state index contributed by atoms with van der Waals surface area (Å²) < 4.78 is 19.1. The largest absolute Gasteiger partial charge is 0.492 e. The van der Waals surface area contributed by atoms with Gasteiger partial charge in [0, 0.05) is 30.9 Å². The van der Waals surface area contributed by atoms with E-state index in [0.717, 1.165) is 30.0 Å². The number of hydrogen-bond acceptors (Lipinski definition) is 3. The van der Waals surface area contributed by atoms with E-state index in [2.05, 4.69) is 11.0 Å². The first kappa shape index (κ1) is 12.9. The van der Waals surface area contributed by atoms with Crippen LogP contribution >= 0.6 is 0 Å². The Kier molecular flexibility index (Phi) is 3.56. The van der Waals surface area contributed by atoms with Gasteiger partial charge in [0.05, 0.1) is 0 Å². The monoisotopic (exact) mass is 272 g/mol. The number of benzene rings is 2. The lowest BCUT2D eigenvalue weighted by molar-refractivity contribution is 0.219. The number of nitrogens with zero attached hydrogens (tertiary/aromatic N) is 1. The SMILES string of the molecule is Nc1cc(F)cc(CN2CCOc3ccccc3C2)c1. The summed E-state index contributed by atoms with van der Waals surface area (Å²) >= 11 is 0. The molecule has 2 N–H and O–H groups in total. The molecule has 2 aromatic carbocycles. The first-order chi connectivity index (χ1) is 9.70. The number of nitrogens with two attached hydrogens (primary N) is 1. The van der Waals surface area contributed by atoms with Gasteiger partial charge in [0.2, 0.25) is 0 Å². The highest BCUT2D eigenvalue weighted by molar-refractivity contribution is 5.41. The fourth-order valence-corrected chi connectivity index (χ4v) is 2.54. The van der Waals surface area contributed by atoms with Crippen LogP contribution in [0.15, 0.2) is 42.5 Å². The fraction of sp³-hybridized carbons (Fsp3) is 0.250. The Morgan fingerprint density at radius 2 is 2.05 bits per heavy atom. The van der Waals surface area contributed by atoms with Gasteiger partial charge in [-0.1, -0.05) is 18.2 Å². The van der Waals surface area contributed by atoms with Crippen molar-refractivity contribution in [3.05, 3.63) is 59.4 Å². The smallest absolute Gasteiger partial charge is 0.125 e. The molecular formula is C16H17FN2O. The van der Waals surface area contributed by atoms with E-state index in [4.69, 9.17) is 10.5 Å². The normalized spacial score (nSPS) is 15.2. The van der Waals surface area contributed by atoms with Gasteiger partial charge in [0.1, 0.15) is 18.2 Å². The second-order valence-electron chi connectivity index (χ2n) is 5.06. The predicted octanol–water partition coefficient (Wildman–Crippen LogP) is 2.80. The lowest BCUT2D eigenvalue weighted by Gasteiger charge is -2.19. The molecule has 3 nitrogen and oxygen atoms in total. The topological polar surface area (TPSA) is 38.5 Å². The van der Waals surface area contributed by atoms with Crippen molar-refractivity contribution in [3.8, 4) is 5.75 Å². The highest BCUT2D eigenvalue weighted by Crippen LogP contribution is 2.23. The number of hydrogen-bond donors (Lipinski definition) is 1. The van der Waals surface area contributed by atoms with Crippen molar-refractivity contribution in [1.29, 1.82) is 0 Å². The molecule has 2 aromatic rings. The van der Waals surface area contributed by atoms with Gasteiger partial charge in [0.25, 0.3) is 0 Å². The first-order valence-corrected chi connectivity index (χ1v) is 6.69. The average molecular weight is 272 g/mol. The van der Waals surface area contributed by atoms with E-state index in [1.807, 2.05) is 24.3 Å². The molecule has 0 aliphatic carbocycles. The third kappa shape index (κ3) is 2.91. The first-order valence-electron chi connectivity index (χ1n) is 6.69. The van der Waals surface area contributed by atoms with Gasteiger partial charge in [-0.05, 0) is 29.8 Å². The summed E-state index contributed by atoms with van der Waals surface area (Å²) in [5.74, 6) is 0.653. The van der Waals surface area contributed by atoms with Gasteiger partial charge in [-0.2, -0.15) is 0 Å². The zero-order chi connectivity index (χ0) is 13.9. The lowest BCUT2D eigenvalue weighted by Crippen LogP contribution is -2.25. The van der Waals surface area contributed by atoms with Crippen molar-refractivity contribution in [2.75, 3.05) is 18.9 Å². The fourth-order valence-electron chi connectivity index (χ4n) is 2.54. The van der Waals surface area contributed by atoms with Crippen molar-refractivity contribution < 1.29 is 9.13 Å². The highest BCUT2D eigenvalue weighted by atomic mass is 19.1.